The Hall–Kier alpha value is -3.73. The van der Waals surface area contributed by atoms with Crippen molar-refractivity contribution in [3.05, 3.63) is 51.8 Å². The number of nitrogens with one attached hydrogen (secondary N) is 1. The fourth-order valence-corrected chi connectivity index (χ4v) is 3.54. The average Bonchev–Trinajstić information content (AvgIpc) is 3.21. The molecule has 0 bridgehead atoms. The topological polar surface area (TPSA) is 122 Å². The van der Waals surface area contributed by atoms with E-state index in [-0.39, 0.29) is 19.6 Å². The fraction of sp³-hybridized carbons (Fsp3) is 0.286. The zero-order valence-electron chi connectivity index (χ0n) is 17.8. The van der Waals surface area contributed by atoms with E-state index < -0.39 is 17.4 Å². The molecule has 11 heteroatoms. The quantitative estimate of drug-likeness (QED) is 0.484. The summed E-state index contributed by atoms with van der Waals surface area (Å²) >= 11 is 1.17. The molecule has 0 aliphatic rings. The largest absolute Gasteiger partial charge is 0.497 e. The number of amides is 1. The summed E-state index contributed by atoms with van der Waals surface area (Å²) in [5.41, 5.74) is 1.17. The van der Waals surface area contributed by atoms with E-state index in [2.05, 4.69) is 15.4 Å². The van der Waals surface area contributed by atoms with Gasteiger partial charge >= 0.3 is 5.97 Å². The summed E-state index contributed by atoms with van der Waals surface area (Å²) in [5, 5.41) is 8.89. The highest BCUT2D eigenvalue weighted by Gasteiger charge is 2.14. The second-order valence-electron chi connectivity index (χ2n) is 6.45. The van der Waals surface area contributed by atoms with Gasteiger partial charge in [-0.25, -0.2) is 9.67 Å². The molecule has 0 saturated carbocycles. The van der Waals surface area contributed by atoms with Crippen LogP contribution >= 0.6 is 11.3 Å². The summed E-state index contributed by atoms with van der Waals surface area (Å²) in [6, 6.07) is 8.10. The second-order valence-corrected chi connectivity index (χ2v) is 7.31. The van der Waals surface area contributed by atoms with Gasteiger partial charge in [-0.2, -0.15) is 5.10 Å². The third-order valence-corrected chi connectivity index (χ3v) is 5.08. The lowest BCUT2D eigenvalue weighted by atomic mass is 10.1. The van der Waals surface area contributed by atoms with Crippen LogP contribution < -0.4 is 20.3 Å². The number of hydrogen-bond donors (Lipinski definition) is 1. The molecule has 0 aliphatic heterocycles. The third kappa shape index (κ3) is 5.70. The van der Waals surface area contributed by atoms with Crippen LogP contribution in [0.25, 0.3) is 11.3 Å². The first-order valence-electron chi connectivity index (χ1n) is 9.64. The molecule has 1 N–H and O–H groups in total. The van der Waals surface area contributed by atoms with E-state index in [0.717, 1.165) is 4.68 Å². The minimum absolute atomic E-state index is 0.0208. The lowest BCUT2D eigenvalue weighted by Crippen LogP contribution is -2.29. The van der Waals surface area contributed by atoms with Gasteiger partial charge in [0, 0.05) is 23.1 Å². The van der Waals surface area contributed by atoms with Gasteiger partial charge in [-0.15, -0.1) is 11.3 Å². The number of aromatic nitrogens is 3. The van der Waals surface area contributed by atoms with Crippen LogP contribution in [0, 0.1) is 0 Å². The van der Waals surface area contributed by atoms with E-state index in [1.165, 1.54) is 24.5 Å². The number of carbonyl (C=O) groups is 2. The van der Waals surface area contributed by atoms with Crippen LogP contribution in [-0.2, 0) is 27.3 Å². The van der Waals surface area contributed by atoms with Gasteiger partial charge in [0.1, 0.15) is 18.0 Å². The first-order chi connectivity index (χ1) is 15.4. The number of rotatable bonds is 9. The Labute approximate surface area is 187 Å². The number of esters is 1. The number of hydrogen-bond acceptors (Lipinski definition) is 9. The Morgan fingerprint density at radius 1 is 1.16 bits per heavy atom. The number of ether oxygens (including phenoxy) is 3. The molecule has 168 valence electrons. The molecule has 2 aromatic heterocycles. The van der Waals surface area contributed by atoms with E-state index >= 15 is 0 Å². The van der Waals surface area contributed by atoms with Crippen molar-refractivity contribution in [2.75, 3.05) is 26.1 Å². The summed E-state index contributed by atoms with van der Waals surface area (Å²) in [4.78, 5) is 40.4. The van der Waals surface area contributed by atoms with Gasteiger partial charge in [0.25, 0.3) is 5.56 Å². The minimum Gasteiger partial charge on any atom is -0.497 e. The fourth-order valence-electron chi connectivity index (χ4n) is 2.82. The molecule has 0 unspecified atom stereocenters. The van der Waals surface area contributed by atoms with Gasteiger partial charge in [-0.05, 0) is 25.1 Å². The van der Waals surface area contributed by atoms with Crippen molar-refractivity contribution in [2.24, 2.45) is 0 Å². The maximum atomic E-state index is 12.4. The van der Waals surface area contributed by atoms with E-state index in [4.69, 9.17) is 14.2 Å². The number of carbonyl (C=O) groups excluding carboxylic acids is 2. The summed E-state index contributed by atoms with van der Waals surface area (Å²) in [6.45, 7) is 1.70. The molecule has 0 atom stereocenters. The number of benzene rings is 1. The van der Waals surface area contributed by atoms with E-state index in [9.17, 15) is 14.4 Å². The predicted molar refractivity (Wildman–Crippen MR) is 118 cm³/mol. The molecule has 0 radical (unpaired) electrons. The zero-order chi connectivity index (χ0) is 23.1. The Bertz CT molecular complexity index is 1170. The van der Waals surface area contributed by atoms with E-state index in [0.29, 0.717) is 33.6 Å². The number of anilines is 1. The van der Waals surface area contributed by atoms with Crippen LogP contribution in [0.1, 0.15) is 12.6 Å². The molecule has 32 heavy (non-hydrogen) atoms. The molecule has 0 fully saturated rings. The van der Waals surface area contributed by atoms with Gasteiger partial charge < -0.3 is 19.5 Å². The first kappa shape index (κ1) is 22.9. The molecule has 2 heterocycles. The van der Waals surface area contributed by atoms with Gasteiger partial charge in [-0.3, -0.25) is 14.4 Å². The van der Waals surface area contributed by atoms with Crippen LogP contribution in [0.2, 0.25) is 0 Å². The Morgan fingerprint density at radius 3 is 2.69 bits per heavy atom. The van der Waals surface area contributed by atoms with Crippen LogP contribution in [0.4, 0.5) is 5.13 Å². The Kier molecular flexibility index (Phi) is 7.55. The monoisotopic (exact) mass is 458 g/mol. The van der Waals surface area contributed by atoms with Crippen LogP contribution in [0.5, 0.6) is 11.5 Å². The Balaban J connectivity index is 1.73. The van der Waals surface area contributed by atoms with Crippen LogP contribution in [0.15, 0.2) is 40.5 Å². The van der Waals surface area contributed by atoms with Gasteiger partial charge in [0.05, 0.1) is 38.6 Å². The third-order valence-electron chi connectivity index (χ3n) is 4.27. The van der Waals surface area contributed by atoms with Crippen molar-refractivity contribution in [3.63, 3.8) is 0 Å². The molecule has 3 rings (SSSR count). The molecular weight excluding hydrogens is 436 g/mol. The lowest BCUT2D eigenvalue weighted by molar-refractivity contribution is -0.142. The molecule has 0 saturated heterocycles. The molecule has 1 amide bonds. The second kappa shape index (κ2) is 10.5. The van der Waals surface area contributed by atoms with Gasteiger partial charge in [0.15, 0.2) is 5.13 Å². The van der Waals surface area contributed by atoms with Crippen molar-refractivity contribution in [3.8, 4) is 22.8 Å². The molecule has 0 aliphatic carbocycles. The van der Waals surface area contributed by atoms with E-state index in [1.807, 2.05) is 0 Å². The molecule has 0 spiro atoms. The highest BCUT2D eigenvalue weighted by molar-refractivity contribution is 7.13. The zero-order valence-corrected chi connectivity index (χ0v) is 18.6. The molecule has 3 aromatic rings. The van der Waals surface area contributed by atoms with Crippen molar-refractivity contribution in [1.82, 2.24) is 14.8 Å². The SMILES string of the molecule is CCOC(=O)Cc1csc(NC(=O)Cn2nc(-c3ccc(OC)cc3OC)ccc2=O)n1. The molecular formula is C21H22N4O6S. The summed E-state index contributed by atoms with van der Waals surface area (Å²) in [6.07, 6.45) is 0.0208. The Morgan fingerprint density at radius 2 is 1.97 bits per heavy atom. The van der Waals surface area contributed by atoms with E-state index in [1.54, 1.807) is 43.7 Å². The lowest BCUT2D eigenvalue weighted by Gasteiger charge is -2.11. The molecule has 10 nitrogen and oxygen atoms in total. The minimum atomic E-state index is -0.476. The summed E-state index contributed by atoms with van der Waals surface area (Å²) in [5.74, 6) is 0.264. The number of nitrogens with zero attached hydrogens (tertiary/aromatic N) is 3. The van der Waals surface area contributed by atoms with Crippen LogP contribution in [0.3, 0.4) is 0 Å². The van der Waals surface area contributed by atoms with Crippen molar-refractivity contribution in [1.29, 1.82) is 0 Å². The summed E-state index contributed by atoms with van der Waals surface area (Å²) < 4.78 is 16.5. The van der Waals surface area contributed by atoms with Gasteiger partial charge in [-0.1, -0.05) is 0 Å². The number of thiazole rings is 1. The summed E-state index contributed by atoms with van der Waals surface area (Å²) in [7, 11) is 3.07. The van der Waals surface area contributed by atoms with Gasteiger partial charge in [0.2, 0.25) is 5.91 Å². The maximum absolute atomic E-state index is 12.4. The number of methoxy groups -OCH3 is 2. The average molecular weight is 458 g/mol. The normalized spacial score (nSPS) is 10.5. The van der Waals surface area contributed by atoms with Crippen molar-refractivity contribution < 1.29 is 23.8 Å². The smallest absolute Gasteiger partial charge is 0.311 e. The van der Waals surface area contributed by atoms with Crippen molar-refractivity contribution >= 4 is 28.3 Å². The molecule has 1 aromatic carbocycles. The standard InChI is InChI=1S/C21H22N4O6S/c1-4-31-20(28)9-13-12-32-21(22-13)23-18(26)11-25-19(27)8-7-16(24-25)15-6-5-14(29-2)10-17(15)30-3/h5-8,10,12H,4,9,11H2,1-3H3,(H,22,23,26). The predicted octanol–water partition coefficient (Wildman–Crippen LogP) is 2.13. The highest BCUT2D eigenvalue weighted by Crippen LogP contribution is 2.31. The highest BCUT2D eigenvalue weighted by atomic mass is 32.1. The van der Waals surface area contributed by atoms with Crippen molar-refractivity contribution in [2.45, 2.75) is 19.9 Å². The first-order valence-corrected chi connectivity index (χ1v) is 10.5. The van der Waals surface area contributed by atoms with Crippen LogP contribution in [-0.4, -0.2) is 47.5 Å². The maximum Gasteiger partial charge on any atom is 0.311 e.